The summed E-state index contributed by atoms with van der Waals surface area (Å²) in [5.41, 5.74) is 7.34. The van der Waals surface area contributed by atoms with E-state index in [9.17, 15) is 4.79 Å². The summed E-state index contributed by atoms with van der Waals surface area (Å²) in [5, 5.41) is 7.22. The molecule has 2 rings (SSSR count). The third-order valence-electron chi connectivity index (χ3n) is 4.01. The van der Waals surface area contributed by atoms with Crippen LogP contribution < -0.4 is 11.1 Å². The smallest absolute Gasteiger partial charge is 0.254 e. The van der Waals surface area contributed by atoms with Gasteiger partial charge in [-0.15, -0.1) is 12.4 Å². The first-order valence-electron chi connectivity index (χ1n) is 6.63. The first kappa shape index (κ1) is 16.0. The van der Waals surface area contributed by atoms with Gasteiger partial charge in [-0.1, -0.05) is 12.8 Å². The van der Waals surface area contributed by atoms with Crippen LogP contribution in [-0.4, -0.2) is 28.3 Å². The molecule has 1 saturated carbocycles. The molecule has 1 aliphatic rings. The summed E-state index contributed by atoms with van der Waals surface area (Å²) in [6.45, 7) is 2.56. The molecular formula is C13H23ClN4O. The van der Waals surface area contributed by atoms with Gasteiger partial charge in [0.15, 0.2) is 0 Å². The van der Waals surface area contributed by atoms with Crippen molar-refractivity contribution >= 4 is 18.3 Å². The molecule has 0 bridgehead atoms. The van der Waals surface area contributed by atoms with Crippen molar-refractivity contribution < 1.29 is 4.79 Å². The molecule has 5 nitrogen and oxygen atoms in total. The van der Waals surface area contributed by atoms with Crippen molar-refractivity contribution in [2.24, 2.45) is 18.7 Å². The fourth-order valence-electron chi connectivity index (χ4n) is 2.65. The molecule has 1 fully saturated rings. The molecule has 108 valence electrons. The van der Waals surface area contributed by atoms with Crippen molar-refractivity contribution in [1.29, 1.82) is 0 Å². The summed E-state index contributed by atoms with van der Waals surface area (Å²) in [5.74, 6) is 0.394. The fraction of sp³-hybridized carbons (Fsp3) is 0.692. The van der Waals surface area contributed by atoms with E-state index >= 15 is 0 Å². The third-order valence-corrected chi connectivity index (χ3v) is 4.01. The molecule has 1 heterocycles. The van der Waals surface area contributed by atoms with Crippen LogP contribution in [0.4, 0.5) is 0 Å². The van der Waals surface area contributed by atoms with Gasteiger partial charge in [-0.2, -0.15) is 5.10 Å². The first-order valence-corrected chi connectivity index (χ1v) is 6.63. The van der Waals surface area contributed by atoms with Crippen LogP contribution in [0.2, 0.25) is 0 Å². The van der Waals surface area contributed by atoms with E-state index in [-0.39, 0.29) is 24.4 Å². The van der Waals surface area contributed by atoms with Crippen LogP contribution in [0.15, 0.2) is 6.20 Å². The van der Waals surface area contributed by atoms with Gasteiger partial charge in [-0.3, -0.25) is 9.48 Å². The molecule has 0 aromatic carbocycles. The fourth-order valence-corrected chi connectivity index (χ4v) is 2.65. The van der Waals surface area contributed by atoms with E-state index in [4.69, 9.17) is 5.73 Å². The third kappa shape index (κ3) is 3.48. The van der Waals surface area contributed by atoms with Crippen molar-refractivity contribution in [1.82, 2.24) is 15.1 Å². The molecule has 2 unspecified atom stereocenters. The Labute approximate surface area is 120 Å². The second kappa shape index (κ2) is 6.91. The molecule has 1 aliphatic carbocycles. The number of rotatable bonds is 3. The van der Waals surface area contributed by atoms with Crippen LogP contribution in [0.3, 0.4) is 0 Å². The maximum Gasteiger partial charge on any atom is 0.254 e. The molecular weight excluding hydrogens is 264 g/mol. The Morgan fingerprint density at radius 3 is 2.79 bits per heavy atom. The molecule has 0 radical (unpaired) electrons. The lowest BCUT2D eigenvalue weighted by Crippen LogP contribution is -2.44. The van der Waals surface area contributed by atoms with Crippen LogP contribution >= 0.6 is 12.4 Å². The standard InChI is InChI=1S/C13H22N4O.ClH/c1-9-11(8-15-17(9)2)13(18)16-12-6-4-3-5-10(12)7-14;/h8,10,12H,3-7,14H2,1-2H3,(H,16,18);1H. The largest absolute Gasteiger partial charge is 0.349 e. The molecule has 19 heavy (non-hydrogen) atoms. The lowest BCUT2D eigenvalue weighted by molar-refractivity contribution is 0.0907. The molecule has 0 spiro atoms. The highest BCUT2D eigenvalue weighted by atomic mass is 35.5. The molecule has 1 aromatic rings. The van der Waals surface area contributed by atoms with Gasteiger partial charge in [0.25, 0.3) is 5.91 Å². The zero-order valence-electron chi connectivity index (χ0n) is 11.6. The number of nitrogens with two attached hydrogens (primary N) is 1. The number of hydrogen-bond donors (Lipinski definition) is 2. The van der Waals surface area contributed by atoms with E-state index in [1.54, 1.807) is 10.9 Å². The molecule has 1 aromatic heterocycles. The maximum atomic E-state index is 12.2. The van der Waals surface area contributed by atoms with Gasteiger partial charge in [0.05, 0.1) is 11.8 Å². The van der Waals surface area contributed by atoms with E-state index < -0.39 is 0 Å². The quantitative estimate of drug-likeness (QED) is 0.882. The zero-order chi connectivity index (χ0) is 13.1. The van der Waals surface area contributed by atoms with Gasteiger partial charge in [0.2, 0.25) is 0 Å². The van der Waals surface area contributed by atoms with E-state index in [0.717, 1.165) is 18.5 Å². The maximum absolute atomic E-state index is 12.2. The topological polar surface area (TPSA) is 72.9 Å². The van der Waals surface area contributed by atoms with E-state index in [1.165, 1.54) is 12.8 Å². The monoisotopic (exact) mass is 286 g/mol. The minimum atomic E-state index is -0.0223. The zero-order valence-corrected chi connectivity index (χ0v) is 12.4. The summed E-state index contributed by atoms with van der Waals surface area (Å²) in [7, 11) is 1.84. The molecule has 6 heteroatoms. The summed E-state index contributed by atoms with van der Waals surface area (Å²) in [6, 6.07) is 0.218. The van der Waals surface area contributed by atoms with Crippen molar-refractivity contribution in [2.75, 3.05) is 6.54 Å². The summed E-state index contributed by atoms with van der Waals surface area (Å²) in [6.07, 6.45) is 6.18. The highest BCUT2D eigenvalue weighted by Gasteiger charge is 2.26. The summed E-state index contributed by atoms with van der Waals surface area (Å²) < 4.78 is 1.72. The average Bonchev–Trinajstić information content (AvgIpc) is 2.71. The Morgan fingerprint density at radius 1 is 1.53 bits per heavy atom. The number of nitrogens with zero attached hydrogens (tertiary/aromatic N) is 2. The molecule has 3 N–H and O–H groups in total. The van der Waals surface area contributed by atoms with Crippen LogP contribution in [0.5, 0.6) is 0 Å². The number of hydrogen-bond acceptors (Lipinski definition) is 3. The van der Waals surface area contributed by atoms with Crippen molar-refractivity contribution in [3.05, 3.63) is 17.5 Å². The van der Waals surface area contributed by atoms with Gasteiger partial charge in [0, 0.05) is 18.8 Å². The van der Waals surface area contributed by atoms with Crippen LogP contribution in [0.25, 0.3) is 0 Å². The number of halogens is 1. The Balaban J connectivity index is 0.00000180. The van der Waals surface area contributed by atoms with Crippen LogP contribution in [-0.2, 0) is 7.05 Å². The van der Waals surface area contributed by atoms with Crippen LogP contribution in [0, 0.1) is 12.8 Å². The number of aromatic nitrogens is 2. The predicted octanol–water partition coefficient (Wildman–Crippen LogP) is 1.40. The Bertz CT molecular complexity index is 432. The minimum Gasteiger partial charge on any atom is -0.349 e. The van der Waals surface area contributed by atoms with Crippen molar-refractivity contribution in [2.45, 2.75) is 38.6 Å². The van der Waals surface area contributed by atoms with Gasteiger partial charge >= 0.3 is 0 Å². The normalized spacial score (nSPS) is 22.7. The van der Waals surface area contributed by atoms with Gasteiger partial charge in [0.1, 0.15) is 0 Å². The second-order valence-corrected chi connectivity index (χ2v) is 5.13. The van der Waals surface area contributed by atoms with E-state index in [0.29, 0.717) is 18.0 Å². The number of carbonyl (C=O) groups excluding carboxylic acids is 1. The Morgan fingerprint density at radius 2 is 2.21 bits per heavy atom. The highest BCUT2D eigenvalue weighted by Crippen LogP contribution is 2.24. The minimum absolute atomic E-state index is 0. The van der Waals surface area contributed by atoms with E-state index in [2.05, 4.69) is 10.4 Å². The molecule has 2 atom stereocenters. The summed E-state index contributed by atoms with van der Waals surface area (Å²) >= 11 is 0. The van der Waals surface area contributed by atoms with Gasteiger partial charge in [-0.05, 0) is 32.2 Å². The van der Waals surface area contributed by atoms with Crippen molar-refractivity contribution in [3.8, 4) is 0 Å². The Kier molecular flexibility index (Phi) is 5.82. The number of aryl methyl sites for hydroxylation is 1. The van der Waals surface area contributed by atoms with Gasteiger partial charge < -0.3 is 11.1 Å². The summed E-state index contributed by atoms with van der Waals surface area (Å²) in [4.78, 5) is 12.2. The van der Waals surface area contributed by atoms with Crippen molar-refractivity contribution in [3.63, 3.8) is 0 Å². The highest BCUT2D eigenvalue weighted by molar-refractivity contribution is 5.95. The number of amides is 1. The van der Waals surface area contributed by atoms with Gasteiger partial charge in [-0.25, -0.2) is 0 Å². The number of nitrogens with one attached hydrogen (secondary N) is 1. The predicted molar refractivity (Wildman–Crippen MR) is 77.5 cm³/mol. The van der Waals surface area contributed by atoms with Crippen LogP contribution in [0.1, 0.15) is 41.7 Å². The second-order valence-electron chi connectivity index (χ2n) is 5.13. The molecule has 0 aliphatic heterocycles. The lowest BCUT2D eigenvalue weighted by atomic mass is 9.84. The molecule has 0 saturated heterocycles. The lowest BCUT2D eigenvalue weighted by Gasteiger charge is -2.31. The molecule has 1 amide bonds. The number of carbonyl (C=O) groups is 1. The SMILES string of the molecule is Cc1c(C(=O)NC2CCCCC2CN)cnn1C.Cl. The van der Waals surface area contributed by atoms with E-state index in [1.807, 2.05) is 14.0 Å². The first-order chi connectivity index (χ1) is 8.63. The average molecular weight is 287 g/mol. The Hall–Kier alpha value is -1.07.